The van der Waals surface area contributed by atoms with Crippen LogP contribution in [0, 0.1) is 11.3 Å². The number of aromatic nitrogens is 6. The molecule has 66 heavy (non-hydrogen) atoms. The molecule has 0 fully saturated rings. The first-order valence-electron chi connectivity index (χ1n) is 22.2. The van der Waals surface area contributed by atoms with Gasteiger partial charge in [-0.2, -0.15) is 5.26 Å². The number of hydrogen-bond donors (Lipinski definition) is 0. The number of rotatable bonds is 5. The molecule has 0 aliphatic carbocycles. The van der Waals surface area contributed by atoms with Crippen LogP contribution in [0.2, 0.25) is 0 Å². The number of hydrogen-bond acceptors (Lipinski definition) is 3. The van der Waals surface area contributed by atoms with Crippen LogP contribution in [0.25, 0.3) is 122 Å². The van der Waals surface area contributed by atoms with Gasteiger partial charge in [-0.3, -0.25) is 9.13 Å². The van der Waals surface area contributed by atoms with Gasteiger partial charge in [0.25, 0.3) is 0 Å². The normalized spacial score (nSPS) is 11.9. The summed E-state index contributed by atoms with van der Waals surface area (Å²) in [6.07, 6.45) is 0. The van der Waals surface area contributed by atoms with E-state index in [4.69, 9.17) is 9.97 Å². The maximum Gasteiger partial charge on any atom is 0.164 e. The lowest BCUT2D eigenvalue weighted by molar-refractivity contribution is 0.982. The molecule has 306 valence electrons. The first-order chi connectivity index (χ1) is 32.8. The van der Waals surface area contributed by atoms with E-state index in [-0.39, 0.29) is 0 Å². The fraction of sp³-hybridized carbons (Fsp3) is 0. The predicted octanol–water partition coefficient (Wildman–Crippen LogP) is 14.4. The Bertz CT molecular complexity index is 4080. The van der Waals surface area contributed by atoms with E-state index in [1.165, 1.54) is 0 Å². The van der Waals surface area contributed by atoms with Crippen LogP contribution in [-0.4, -0.2) is 28.2 Å². The van der Waals surface area contributed by atoms with E-state index in [9.17, 15) is 5.26 Å². The molecule has 0 bridgehead atoms. The van der Waals surface area contributed by atoms with Crippen molar-refractivity contribution >= 4 is 87.2 Å². The molecule has 0 atom stereocenters. The van der Waals surface area contributed by atoms with Crippen molar-refractivity contribution in [2.45, 2.75) is 0 Å². The third kappa shape index (κ3) is 4.95. The van der Waals surface area contributed by atoms with Crippen molar-refractivity contribution in [1.29, 1.82) is 5.26 Å². The van der Waals surface area contributed by atoms with Crippen LogP contribution in [0.1, 0.15) is 5.56 Å². The first-order valence-corrected chi connectivity index (χ1v) is 22.2. The summed E-state index contributed by atoms with van der Waals surface area (Å²) in [6, 6.07) is 77.0. The summed E-state index contributed by atoms with van der Waals surface area (Å²) in [5, 5.41) is 20.6. The minimum absolute atomic E-state index is 0.374. The Labute approximate surface area is 377 Å². The zero-order chi connectivity index (χ0) is 43.5. The van der Waals surface area contributed by atoms with Gasteiger partial charge >= 0.3 is 0 Å². The monoisotopic (exact) mass is 841 g/mol. The molecule has 7 nitrogen and oxygen atoms in total. The molecule has 0 aliphatic rings. The van der Waals surface area contributed by atoms with Crippen LogP contribution in [0.4, 0.5) is 0 Å². The number of nitrogens with zero attached hydrogens (tertiary/aromatic N) is 7. The average Bonchev–Trinajstić information content (AvgIpc) is 4.11. The van der Waals surface area contributed by atoms with Crippen LogP contribution < -0.4 is 0 Å². The standard InChI is InChI=1S/C59H35N7/c60-36-44-58(65-47-30-16-12-26-42(47)55-51(65)34-32-49-53(55)40-24-10-14-28-45(40)63(49)38-20-6-2-7-21-38)61-57(37-18-4-1-5-19-37)62-59(44)66-48-31-17-13-27-43(48)56-52(66)35-33-50-54(56)41-25-11-15-29-46(41)64(50)39-22-8-3-9-23-39/h1-35H. The molecule has 7 heteroatoms. The minimum Gasteiger partial charge on any atom is -0.309 e. The Morgan fingerprint density at radius 2 is 0.606 bits per heavy atom. The lowest BCUT2D eigenvalue weighted by atomic mass is 10.1. The number of benzene rings is 9. The molecular weight excluding hydrogens is 807 g/mol. The zero-order valence-corrected chi connectivity index (χ0v) is 35.3. The summed E-state index contributed by atoms with van der Waals surface area (Å²) >= 11 is 0. The smallest absolute Gasteiger partial charge is 0.164 e. The topological polar surface area (TPSA) is 69.3 Å². The van der Waals surface area contributed by atoms with E-state index in [0.29, 0.717) is 23.0 Å². The highest BCUT2D eigenvalue weighted by Crippen LogP contribution is 2.45. The largest absolute Gasteiger partial charge is 0.309 e. The van der Waals surface area contributed by atoms with E-state index in [2.05, 4.69) is 206 Å². The summed E-state index contributed by atoms with van der Waals surface area (Å²) < 4.78 is 9.08. The summed E-state index contributed by atoms with van der Waals surface area (Å²) in [7, 11) is 0. The minimum atomic E-state index is 0.374. The third-order valence-corrected chi connectivity index (χ3v) is 13.4. The summed E-state index contributed by atoms with van der Waals surface area (Å²) in [5.41, 5.74) is 11.7. The molecule has 0 amide bonds. The van der Waals surface area contributed by atoms with Gasteiger partial charge in [-0.1, -0.05) is 140 Å². The van der Waals surface area contributed by atoms with Gasteiger partial charge in [-0.25, -0.2) is 9.97 Å². The molecule has 5 aromatic heterocycles. The van der Waals surface area contributed by atoms with Gasteiger partial charge in [0.1, 0.15) is 11.6 Å². The Hall–Kier alpha value is -9.25. The Morgan fingerprint density at radius 3 is 0.970 bits per heavy atom. The molecule has 14 rings (SSSR count). The van der Waals surface area contributed by atoms with E-state index in [1.807, 2.05) is 30.3 Å². The van der Waals surface area contributed by atoms with Crippen LogP contribution in [0.3, 0.4) is 0 Å². The molecule has 0 N–H and O–H groups in total. The van der Waals surface area contributed by atoms with Gasteiger partial charge in [0, 0.05) is 60.0 Å². The lowest BCUT2D eigenvalue weighted by Crippen LogP contribution is -2.10. The summed E-state index contributed by atoms with van der Waals surface area (Å²) in [6.45, 7) is 0. The highest BCUT2D eigenvalue weighted by atomic mass is 15.2. The average molecular weight is 842 g/mol. The van der Waals surface area contributed by atoms with Gasteiger partial charge in [-0.05, 0) is 72.8 Å². The summed E-state index contributed by atoms with van der Waals surface area (Å²) in [4.78, 5) is 10.8. The van der Waals surface area contributed by atoms with Crippen molar-refractivity contribution in [1.82, 2.24) is 28.2 Å². The fourth-order valence-electron chi connectivity index (χ4n) is 10.8. The van der Waals surface area contributed by atoms with Crippen molar-refractivity contribution in [3.8, 4) is 40.5 Å². The maximum absolute atomic E-state index is 11.7. The lowest BCUT2D eigenvalue weighted by Gasteiger charge is -2.16. The molecule has 0 saturated heterocycles. The number of fused-ring (bicyclic) bond motifs is 14. The molecule has 0 saturated carbocycles. The van der Waals surface area contributed by atoms with Crippen molar-refractivity contribution in [3.05, 3.63) is 218 Å². The maximum atomic E-state index is 11.7. The highest BCUT2D eigenvalue weighted by Gasteiger charge is 2.28. The van der Waals surface area contributed by atoms with Gasteiger partial charge in [0.2, 0.25) is 0 Å². The van der Waals surface area contributed by atoms with Crippen LogP contribution in [-0.2, 0) is 0 Å². The molecule has 0 radical (unpaired) electrons. The predicted molar refractivity (Wildman–Crippen MR) is 270 cm³/mol. The SMILES string of the molecule is N#Cc1c(-n2c3ccccc3c3c4c5ccccc5n(-c5ccccc5)c4ccc32)nc(-c2ccccc2)nc1-n1c2ccccc2c2c3c4ccccc4n(-c4ccccc4)c3ccc21. The Morgan fingerprint density at radius 1 is 0.303 bits per heavy atom. The second-order valence-electron chi connectivity index (χ2n) is 16.8. The molecule has 5 heterocycles. The van der Waals surface area contributed by atoms with Gasteiger partial charge < -0.3 is 9.13 Å². The molecule has 9 aromatic carbocycles. The molecule has 14 aromatic rings. The summed E-state index contributed by atoms with van der Waals surface area (Å²) in [5.74, 6) is 1.57. The quantitative estimate of drug-likeness (QED) is 0.173. The van der Waals surface area contributed by atoms with Crippen molar-refractivity contribution < 1.29 is 0 Å². The number of nitriles is 1. The van der Waals surface area contributed by atoms with E-state index in [1.54, 1.807) is 0 Å². The van der Waals surface area contributed by atoms with Crippen molar-refractivity contribution in [3.63, 3.8) is 0 Å². The highest BCUT2D eigenvalue weighted by molar-refractivity contribution is 6.30. The molecule has 0 aliphatic heterocycles. The second-order valence-corrected chi connectivity index (χ2v) is 16.8. The van der Waals surface area contributed by atoms with Crippen LogP contribution >= 0.6 is 0 Å². The van der Waals surface area contributed by atoms with Gasteiger partial charge in [-0.15, -0.1) is 0 Å². The van der Waals surface area contributed by atoms with E-state index >= 15 is 0 Å². The molecular formula is C59H35N7. The van der Waals surface area contributed by atoms with Crippen molar-refractivity contribution in [2.24, 2.45) is 0 Å². The van der Waals surface area contributed by atoms with Crippen molar-refractivity contribution in [2.75, 3.05) is 0 Å². The van der Waals surface area contributed by atoms with Crippen LogP contribution in [0.15, 0.2) is 212 Å². The second kappa shape index (κ2) is 13.9. The molecule has 0 unspecified atom stereocenters. The van der Waals surface area contributed by atoms with Gasteiger partial charge in [0.05, 0.1) is 44.1 Å². The van der Waals surface area contributed by atoms with E-state index in [0.717, 1.165) is 104 Å². The molecule has 0 spiro atoms. The third-order valence-electron chi connectivity index (χ3n) is 13.4. The van der Waals surface area contributed by atoms with Crippen LogP contribution in [0.5, 0.6) is 0 Å². The van der Waals surface area contributed by atoms with Gasteiger partial charge in [0.15, 0.2) is 17.5 Å². The zero-order valence-electron chi connectivity index (χ0n) is 35.3. The van der Waals surface area contributed by atoms with E-state index < -0.39 is 0 Å². The Kier molecular flexibility index (Phi) is 7.62. The first kappa shape index (κ1) is 36.3. The fourth-order valence-corrected chi connectivity index (χ4v) is 10.8. The Balaban J connectivity index is 1.13. The number of para-hydroxylation sites is 6.